The fourth-order valence-corrected chi connectivity index (χ4v) is 2.23. The van der Waals surface area contributed by atoms with E-state index in [-0.39, 0.29) is 16.6 Å². The molecule has 3 aromatic rings. The summed E-state index contributed by atoms with van der Waals surface area (Å²) in [7, 11) is 0. The van der Waals surface area contributed by atoms with Crippen molar-refractivity contribution in [1.29, 1.82) is 0 Å². The number of benzene rings is 1. The lowest BCUT2D eigenvalue weighted by Gasteiger charge is -2.12. The van der Waals surface area contributed by atoms with E-state index in [1.807, 2.05) is 0 Å². The zero-order valence-corrected chi connectivity index (χ0v) is 12.2. The zero-order chi connectivity index (χ0) is 17.2. The largest absolute Gasteiger partial charge is 0.465 e. The molecule has 0 fully saturated rings. The SMILES string of the molecule is O=C(/C=C/c1ccco1)Nc1ccnc2c(C(F)(F)F)cccc12. The smallest absolute Gasteiger partial charge is 0.418 e. The summed E-state index contributed by atoms with van der Waals surface area (Å²) in [6, 6.07) is 8.50. The summed E-state index contributed by atoms with van der Waals surface area (Å²) in [6.07, 6.45) is 0.864. The van der Waals surface area contributed by atoms with Crippen molar-refractivity contribution in [2.75, 3.05) is 5.32 Å². The molecular weight excluding hydrogens is 321 g/mol. The lowest BCUT2D eigenvalue weighted by atomic mass is 10.1. The summed E-state index contributed by atoms with van der Waals surface area (Å²) in [4.78, 5) is 15.7. The summed E-state index contributed by atoms with van der Waals surface area (Å²) in [5.41, 5.74) is -0.805. The molecule has 4 nitrogen and oxygen atoms in total. The normalized spacial score (nSPS) is 12.0. The first-order chi connectivity index (χ1) is 11.4. The van der Waals surface area contributed by atoms with Crippen molar-refractivity contribution in [3.63, 3.8) is 0 Å². The molecule has 24 heavy (non-hydrogen) atoms. The number of halogens is 3. The number of hydrogen-bond acceptors (Lipinski definition) is 3. The molecule has 0 aliphatic carbocycles. The van der Waals surface area contributed by atoms with Crippen molar-refractivity contribution in [2.24, 2.45) is 0 Å². The number of para-hydroxylation sites is 1. The lowest BCUT2D eigenvalue weighted by molar-refractivity contribution is -0.136. The van der Waals surface area contributed by atoms with E-state index >= 15 is 0 Å². The number of aromatic nitrogens is 1. The van der Waals surface area contributed by atoms with Crippen molar-refractivity contribution in [3.05, 3.63) is 66.3 Å². The highest BCUT2D eigenvalue weighted by Gasteiger charge is 2.33. The summed E-state index contributed by atoms with van der Waals surface area (Å²) in [5, 5.41) is 2.77. The Morgan fingerprint density at radius 3 is 2.71 bits per heavy atom. The summed E-state index contributed by atoms with van der Waals surface area (Å²) in [6.45, 7) is 0. The van der Waals surface area contributed by atoms with Gasteiger partial charge in [-0.3, -0.25) is 9.78 Å². The number of furan rings is 1. The number of amides is 1. The van der Waals surface area contributed by atoms with Crippen LogP contribution in [0.4, 0.5) is 18.9 Å². The molecule has 1 aromatic carbocycles. The van der Waals surface area contributed by atoms with Crippen molar-refractivity contribution in [1.82, 2.24) is 4.98 Å². The van der Waals surface area contributed by atoms with E-state index in [4.69, 9.17) is 4.42 Å². The second-order valence-electron chi connectivity index (χ2n) is 4.90. The van der Waals surface area contributed by atoms with Crippen LogP contribution < -0.4 is 5.32 Å². The van der Waals surface area contributed by atoms with E-state index in [2.05, 4.69) is 10.3 Å². The number of anilines is 1. The molecule has 1 N–H and O–H groups in total. The van der Waals surface area contributed by atoms with E-state index in [9.17, 15) is 18.0 Å². The Morgan fingerprint density at radius 2 is 2.00 bits per heavy atom. The average molecular weight is 332 g/mol. The van der Waals surface area contributed by atoms with Gasteiger partial charge in [0.05, 0.1) is 23.0 Å². The van der Waals surface area contributed by atoms with Gasteiger partial charge in [0.2, 0.25) is 5.91 Å². The summed E-state index contributed by atoms with van der Waals surface area (Å²) < 4.78 is 44.2. The fourth-order valence-electron chi connectivity index (χ4n) is 2.23. The maximum Gasteiger partial charge on any atom is 0.418 e. The van der Waals surface area contributed by atoms with Crippen molar-refractivity contribution >= 4 is 28.6 Å². The molecule has 0 saturated carbocycles. The number of fused-ring (bicyclic) bond motifs is 1. The first-order valence-corrected chi connectivity index (χ1v) is 6.92. The Labute approximate surface area is 134 Å². The molecule has 7 heteroatoms. The number of alkyl halides is 3. The first kappa shape index (κ1) is 15.8. The van der Waals surface area contributed by atoms with Gasteiger partial charge in [-0.15, -0.1) is 0 Å². The average Bonchev–Trinajstić information content (AvgIpc) is 3.05. The third-order valence-corrected chi connectivity index (χ3v) is 3.28. The van der Waals surface area contributed by atoms with Crippen LogP contribution in [-0.2, 0) is 11.0 Å². The second kappa shape index (κ2) is 6.19. The number of rotatable bonds is 3. The summed E-state index contributed by atoms with van der Waals surface area (Å²) in [5.74, 6) is 0.000376. The third kappa shape index (κ3) is 3.29. The van der Waals surface area contributed by atoms with Crippen LogP contribution in [0.15, 0.2) is 59.4 Å². The van der Waals surface area contributed by atoms with E-state index < -0.39 is 17.6 Å². The fraction of sp³-hybridized carbons (Fsp3) is 0.0588. The van der Waals surface area contributed by atoms with Gasteiger partial charge in [-0.1, -0.05) is 12.1 Å². The highest BCUT2D eigenvalue weighted by molar-refractivity contribution is 6.07. The monoisotopic (exact) mass is 332 g/mol. The Bertz CT molecular complexity index is 900. The molecule has 2 aromatic heterocycles. The minimum Gasteiger partial charge on any atom is -0.465 e. The van der Waals surface area contributed by atoms with Crippen LogP contribution in [0, 0.1) is 0 Å². The molecule has 3 rings (SSSR count). The molecule has 0 saturated heterocycles. The van der Waals surface area contributed by atoms with Crippen LogP contribution in [-0.4, -0.2) is 10.9 Å². The molecule has 1 amide bonds. The number of carbonyl (C=O) groups is 1. The Hall–Kier alpha value is -3.09. The Kier molecular flexibility index (Phi) is 4.07. The molecular formula is C17H11F3N2O2. The van der Waals surface area contributed by atoms with Gasteiger partial charge in [0.15, 0.2) is 0 Å². The van der Waals surface area contributed by atoms with E-state index in [0.717, 1.165) is 6.07 Å². The molecule has 0 aliphatic heterocycles. The molecule has 0 unspecified atom stereocenters. The zero-order valence-electron chi connectivity index (χ0n) is 12.2. The number of pyridine rings is 1. The second-order valence-corrected chi connectivity index (χ2v) is 4.90. The lowest BCUT2D eigenvalue weighted by Crippen LogP contribution is -2.10. The Balaban J connectivity index is 1.91. The van der Waals surface area contributed by atoms with Gasteiger partial charge < -0.3 is 9.73 Å². The van der Waals surface area contributed by atoms with Crippen LogP contribution in [0.5, 0.6) is 0 Å². The van der Waals surface area contributed by atoms with Crippen molar-refractivity contribution < 1.29 is 22.4 Å². The van der Waals surface area contributed by atoms with Gasteiger partial charge in [-0.2, -0.15) is 13.2 Å². The molecule has 122 valence electrons. The van der Waals surface area contributed by atoms with E-state index in [1.165, 1.54) is 42.8 Å². The van der Waals surface area contributed by atoms with E-state index in [0.29, 0.717) is 5.76 Å². The number of nitrogens with zero attached hydrogens (tertiary/aromatic N) is 1. The number of nitrogens with one attached hydrogen (secondary N) is 1. The number of carbonyl (C=O) groups excluding carboxylic acids is 1. The molecule has 0 spiro atoms. The highest BCUT2D eigenvalue weighted by Crippen LogP contribution is 2.35. The minimum atomic E-state index is -4.52. The standard InChI is InChI=1S/C17H11F3N2O2/c18-17(19,20)13-5-1-4-12-14(8-9-21-16(12)13)22-15(23)7-6-11-3-2-10-24-11/h1-10H,(H,21,22,23)/b7-6+. The van der Waals surface area contributed by atoms with Crippen LogP contribution in [0.1, 0.15) is 11.3 Å². The van der Waals surface area contributed by atoms with Crippen LogP contribution in [0.2, 0.25) is 0 Å². The van der Waals surface area contributed by atoms with Gasteiger partial charge in [-0.05, 0) is 30.3 Å². The topological polar surface area (TPSA) is 55.1 Å². The maximum atomic E-state index is 13.0. The van der Waals surface area contributed by atoms with Crippen molar-refractivity contribution in [3.8, 4) is 0 Å². The predicted octanol–water partition coefficient (Wildman–Crippen LogP) is 4.50. The van der Waals surface area contributed by atoms with Crippen LogP contribution in [0.25, 0.3) is 17.0 Å². The minimum absolute atomic E-state index is 0.210. The van der Waals surface area contributed by atoms with Gasteiger partial charge in [0.25, 0.3) is 0 Å². The first-order valence-electron chi connectivity index (χ1n) is 6.92. The number of hydrogen-bond donors (Lipinski definition) is 1. The Morgan fingerprint density at radius 1 is 1.17 bits per heavy atom. The van der Waals surface area contributed by atoms with Crippen LogP contribution in [0.3, 0.4) is 0 Å². The van der Waals surface area contributed by atoms with Gasteiger partial charge >= 0.3 is 6.18 Å². The molecule has 0 radical (unpaired) electrons. The molecule has 0 bridgehead atoms. The highest BCUT2D eigenvalue weighted by atomic mass is 19.4. The van der Waals surface area contributed by atoms with E-state index in [1.54, 1.807) is 12.1 Å². The van der Waals surface area contributed by atoms with Gasteiger partial charge in [0, 0.05) is 17.7 Å². The van der Waals surface area contributed by atoms with Gasteiger partial charge in [-0.25, -0.2) is 0 Å². The van der Waals surface area contributed by atoms with Crippen molar-refractivity contribution in [2.45, 2.75) is 6.18 Å². The maximum absolute atomic E-state index is 13.0. The molecule has 0 atom stereocenters. The molecule has 0 aliphatic rings. The third-order valence-electron chi connectivity index (χ3n) is 3.28. The molecule has 2 heterocycles. The summed E-state index contributed by atoms with van der Waals surface area (Å²) >= 11 is 0. The quantitative estimate of drug-likeness (QED) is 0.719. The van der Waals surface area contributed by atoms with Crippen LogP contribution >= 0.6 is 0 Å². The predicted molar refractivity (Wildman–Crippen MR) is 83.1 cm³/mol. The van der Waals surface area contributed by atoms with Gasteiger partial charge in [0.1, 0.15) is 5.76 Å².